The van der Waals surface area contributed by atoms with E-state index in [-0.39, 0.29) is 18.4 Å². The molecule has 0 saturated carbocycles. The van der Waals surface area contributed by atoms with Crippen LogP contribution in [0.4, 0.5) is 11.4 Å². The molecule has 1 aromatic carbocycles. The van der Waals surface area contributed by atoms with Crippen molar-refractivity contribution in [2.75, 3.05) is 42.9 Å². The van der Waals surface area contributed by atoms with Gasteiger partial charge in [-0.2, -0.15) is 0 Å². The van der Waals surface area contributed by atoms with Gasteiger partial charge < -0.3 is 20.4 Å². The van der Waals surface area contributed by atoms with E-state index in [1.807, 2.05) is 36.6 Å². The maximum atomic E-state index is 12.5. The molecule has 162 valence electrons. The Morgan fingerprint density at radius 1 is 1.10 bits per heavy atom. The minimum atomic E-state index is -0.0718. The number of anilines is 2. The van der Waals surface area contributed by atoms with E-state index in [0.717, 1.165) is 34.5 Å². The molecule has 6 nitrogen and oxygen atoms in total. The molecule has 2 aromatic rings. The Bertz CT molecular complexity index is 799. The van der Waals surface area contributed by atoms with E-state index in [1.165, 1.54) is 18.5 Å². The molecule has 30 heavy (non-hydrogen) atoms. The van der Waals surface area contributed by atoms with Crippen LogP contribution in [0, 0.1) is 5.92 Å². The van der Waals surface area contributed by atoms with Crippen LogP contribution < -0.4 is 20.4 Å². The quantitative estimate of drug-likeness (QED) is 0.572. The molecule has 1 unspecified atom stereocenters. The lowest BCUT2D eigenvalue weighted by atomic mass is 9.99. The van der Waals surface area contributed by atoms with Gasteiger partial charge >= 0.3 is 0 Å². The van der Waals surface area contributed by atoms with Crippen LogP contribution in [0.25, 0.3) is 0 Å². The summed E-state index contributed by atoms with van der Waals surface area (Å²) in [4.78, 5) is 29.1. The van der Waals surface area contributed by atoms with E-state index in [4.69, 9.17) is 0 Å². The first-order chi connectivity index (χ1) is 14.5. The second kappa shape index (κ2) is 11.1. The second-order valence-corrected chi connectivity index (χ2v) is 9.11. The topological polar surface area (TPSA) is 65.9 Å². The number of likely N-dealkylation sites (N-methyl/N-ethyl adjacent to an activating group) is 1. The van der Waals surface area contributed by atoms with Gasteiger partial charge in [0.1, 0.15) is 0 Å². The molecule has 1 aliphatic heterocycles. The number of nitrogens with one attached hydrogen (secondary N) is 3. The van der Waals surface area contributed by atoms with Crippen molar-refractivity contribution in [1.29, 1.82) is 0 Å². The zero-order valence-electron chi connectivity index (χ0n) is 17.9. The number of amides is 2. The number of hydrogen-bond acceptors (Lipinski definition) is 4. The van der Waals surface area contributed by atoms with E-state index in [9.17, 15) is 9.59 Å². The molecule has 0 aliphatic carbocycles. The number of benzene rings is 1. The summed E-state index contributed by atoms with van der Waals surface area (Å²) in [5.41, 5.74) is 2.01. The lowest BCUT2D eigenvalue weighted by Gasteiger charge is -2.32. The molecule has 1 fully saturated rings. The lowest BCUT2D eigenvalue weighted by molar-refractivity contribution is -0.881. The van der Waals surface area contributed by atoms with Crippen molar-refractivity contribution in [3.8, 4) is 0 Å². The normalized spacial score (nSPS) is 15.6. The summed E-state index contributed by atoms with van der Waals surface area (Å²) in [6.07, 6.45) is 2.46. The van der Waals surface area contributed by atoms with Crippen LogP contribution in [-0.4, -0.2) is 44.5 Å². The standard InChI is InChI=1S/C23H32N4O2S/c1-3-26(16-22(28)24-15-21-5-4-14-30-21)17-23(29)25-19-6-8-20(9-7-19)27-12-10-18(2)11-13-27/h4-9,14,18H,3,10-13,15-17H2,1-2H3,(H,24,28)(H,25,29)/p+1. The van der Waals surface area contributed by atoms with Gasteiger partial charge in [-0.05, 0) is 61.4 Å². The van der Waals surface area contributed by atoms with Crippen molar-refractivity contribution in [3.05, 3.63) is 46.7 Å². The Hall–Kier alpha value is -2.38. The zero-order valence-corrected chi connectivity index (χ0v) is 18.8. The maximum Gasteiger partial charge on any atom is 0.279 e. The fourth-order valence-electron chi connectivity index (χ4n) is 3.66. The third kappa shape index (κ3) is 6.85. The van der Waals surface area contributed by atoms with Crippen LogP contribution in [0.5, 0.6) is 0 Å². The highest BCUT2D eigenvalue weighted by molar-refractivity contribution is 7.09. The van der Waals surface area contributed by atoms with Crippen molar-refractivity contribution in [2.24, 2.45) is 5.92 Å². The number of piperidine rings is 1. The molecule has 2 amide bonds. The molecular formula is C23H33N4O2S+. The summed E-state index contributed by atoms with van der Waals surface area (Å²) in [5.74, 6) is 0.701. The SMILES string of the molecule is CC[NH+](CC(=O)NCc1cccs1)CC(=O)Nc1ccc(N2CCC(C)CC2)cc1. The molecule has 0 bridgehead atoms. The number of carbonyl (C=O) groups is 2. The van der Waals surface area contributed by atoms with Crippen LogP contribution >= 0.6 is 11.3 Å². The average molecular weight is 430 g/mol. The summed E-state index contributed by atoms with van der Waals surface area (Å²) in [6.45, 7) is 8.31. The average Bonchev–Trinajstić information content (AvgIpc) is 3.27. The highest BCUT2D eigenvalue weighted by Gasteiger charge is 2.18. The fourth-order valence-corrected chi connectivity index (χ4v) is 4.30. The molecule has 1 saturated heterocycles. The third-order valence-electron chi connectivity index (χ3n) is 5.66. The summed E-state index contributed by atoms with van der Waals surface area (Å²) >= 11 is 1.62. The Morgan fingerprint density at radius 2 is 1.80 bits per heavy atom. The Kier molecular flexibility index (Phi) is 8.28. The van der Waals surface area contributed by atoms with Crippen LogP contribution in [0.3, 0.4) is 0 Å². The van der Waals surface area contributed by atoms with Crippen molar-refractivity contribution < 1.29 is 14.5 Å². The van der Waals surface area contributed by atoms with Crippen molar-refractivity contribution >= 4 is 34.5 Å². The van der Waals surface area contributed by atoms with Gasteiger partial charge in [0, 0.05) is 29.3 Å². The molecule has 3 N–H and O–H groups in total. The third-order valence-corrected chi connectivity index (χ3v) is 6.54. The predicted molar refractivity (Wildman–Crippen MR) is 123 cm³/mol. The van der Waals surface area contributed by atoms with Gasteiger partial charge in [0.25, 0.3) is 11.8 Å². The minimum absolute atomic E-state index is 0.0340. The molecule has 0 radical (unpaired) electrons. The molecule has 3 rings (SSSR count). The highest BCUT2D eigenvalue weighted by Crippen LogP contribution is 2.24. The van der Waals surface area contributed by atoms with Gasteiger partial charge in [0.05, 0.1) is 13.1 Å². The van der Waals surface area contributed by atoms with Crippen molar-refractivity contribution in [1.82, 2.24) is 5.32 Å². The minimum Gasteiger partial charge on any atom is -0.372 e. The largest absolute Gasteiger partial charge is 0.372 e. The summed E-state index contributed by atoms with van der Waals surface area (Å²) < 4.78 is 0. The Balaban J connectivity index is 1.43. The smallest absolute Gasteiger partial charge is 0.279 e. The van der Waals surface area contributed by atoms with Gasteiger partial charge in [0.15, 0.2) is 13.1 Å². The summed E-state index contributed by atoms with van der Waals surface area (Å²) in [5, 5.41) is 7.89. The monoisotopic (exact) mass is 429 g/mol. The first-order valence-electron chi connectivity index (χ1n) is 10.8. The molecule has 1 atom stereocenters. The molecule has 1 aliphatic rings. The van der Waals surface area contributed by atoms with Crippen LogP contribution in [0.2, 0.25) is 0 Å². The van der Waals surface area contributed by atoms with E-state index < -0.39 is 0 Å². The van der Waals surface area contributed by atoms with E-state index >= 15 is 0 Å². The molecule has 0 spiro atoms. The Labute approximate surface area is 183 Å². The maximum absolute atomic E-state index is 12.5. The van der Waals surface area contributed by atoms with E-state index in [2.05, 4.69) is 34.6 Å². The number of nitrogens with zero attached hydrogens (tertiary/aromatic N) is 1. The first kappa shape index (κ1) is 22.3. The zero-order chi connectivity index (χ0) is 21.3. The second-order valence-electron chi connectivity index (χ2n) is 8.08. The molecule has 7 heteroatoms. The highest BCUT2D eigenvalue weighted by atomic mass is 32.1. The summed E-state index contributed by atoms with van der Waals surface area (Å²) in [7, 11) is 0. The predicted octanol–water partition coefficient (Wildman–Crippen LogP) is 2.14. The van der Waals surface area contributed by atoms with E-state index in [1.54, 1.807) is 11.3 Å². The number of thiophene rings is 1. The van der Waals surface area contributed by atoms with Gasteiger partial charge in [-0.15, -0.1) is 11.3 Å². The van der Waals surface area contributed by atoms with Crippen LogP contribution in [0.1, 0.15) is 31.6 Å². The number of carbonyl (C=O) groups excluding carboxylic acids is 2. The first-order valence-corrected chi connectivity index (χ1v) is 11.7. The van der Waals surface area contributed by atoms with Gasteiger partial charge in [-0.3, -0.25) is 9.59 Å². The van der Waals surface area contributed by atoms with Gasteiger partial charge in [-0.25, -0.2) is 0 Å². The van der Waals surface area contributed by atoms with Gasteiger partial charge in [0.2, 0.25) is 0 Å². The molecular weight excluding hydrogens is 396 g/mol. The van der Waals surface area contributed by atoms with E-state index in [0.29, 0.717) is 19.6 Å². The Morgan fingerprint density at radius 3 is 2.43 bits per heavy atom. The summed E-state index contributed by atoms with van der Waals surface area (Å²) in [6, 6.07) is 12.1. The van der Waals surface area contributed by atoms with Gasteiger partial charge in [-0.1, -0.05) is 13.0 Å². The molecule has 2 heterocycles. The number of quaternary nitrogens is 1. The lowest BCUT2D eigenvalue weighted by Crippen LogP contribution is -3.13. The van der Waals surface area contributed by atoms with Crippen molar-refractivity contribution in [3.63, 3.8) is 0 Å². The van der Waals surface area contributed by atoms with Crippen LogP contribution in [0.15, 0.2) is 41.8 Å². The van der Waals surface area contributed by atoms with Crippen molar-refractivity contribution in [2.45, 2.75) is 33.2 Å². The molecule has 1 aromatic heterocycles. The van der Waals surface area contributed by atoms with Crippen LogP contribution in [-0.2, 0) is 16.1 Å². The number of rotatable bonds is 9. The number of hydrogen-bond donors (Lipinski definition) is 3. The fraction of sp³-hybridized carbons (Fsp3) is 0.478.